The van der Waals surface area contributed by atoms with Crippen molar-refractivity contribution < 1.29 is 14.6 Å². The molecule has 0 heterocycles. The SMILES string of the molecule is CCCCCCC(C)(C)c1cc(OC)c([C@@H]2C=C(CO)[C@H]3C[C@@H]2C3(C)C)c(OC)c1. The minimum absolute atomic E-state index is 0.0757. The van der Waals surface area contributed by atoms with Crippen molar-refractivity contribution in [2.24, 2.45) is 17.3 Å². The summed E-state index contributed by atoms with van der Waals surface area (Å²) < 4.78 is 11.9. The van der Waals surface area contributed by atoms with E-state index in [0.717, 1.165) is 29.9 Å². The third-order valence-corrected chi connectivity index (χ3v) is 8.11. The predicted octanol–water partition coefficient (Wildman–Crippen LogP) is 6.63. The van der Waals surface area contributed by atoms with Gasteiger partial charge in [-0.05, 0) is 58.8 Å². The fourth-order valence-electron chi connectivity index (χ4n) is 5.90. The second kappa shape index (κ2) is 8.94. The molecule has 4 rings (SSSR count). The lowest BCUT2D eigenvalue weighted by Crippen LogP contribution is -2.51. The summed E-state index contributed by atoms with van der Waals surface area (Å²) in [5, 5.41) is 9.98. The molecule has 1 aromatic carbocycles. The van der Waals surface area contributed by atoms with Crippen molar-refractivity contribution in [2.45, 2.75) is 84.5 Å². The maximum absolute atomic E-state index is 9.98. The van der Waals surface area contributed by atoms with Gasteiger partial charge in [0.15, 0.2) is 0 Å². The lowest BCUT2D eigenvalue weighted by Gasteiger charge is -2.59. The molecule has 3 aliphatic carbocycles. The van der Waals surface area contributed by atoms with Gasteiger partial charge in [0.25, 0.3) is 0 Å². The van der Waals surface area contributed by atoms with Gasteiger partial charge < -0.3 is 14.6 Å². The summed E-state index contributed by atoms with van der Waals surface area (Å²) in [5.41, 5.74) is 3.88. The highest BCUT2D eigenvalue weighted by molar-refractivity contribution is 5.55. The summed E-state index contributed by atoms with van der Waals surface area (Å²) in [6.07, 6.45) is 9.70. The van der Waals surface area contributed by atoms with E-state index in [1.54, 1.807) is 14.2 Å². The van der Waals surface area contributed by atoms with Gasteiger partial charge in [-0.1, -0.05) is 66.4 Å². The monoisotopic (exact) mass is 414 g/mol. The van der Waals surface area contributed by atoms with Crippen molar-refractivity contribution in [1.29, 1.82) is 0 Å². The van der Waals surface area contributed by atoms with Gasteiger partial charge in [0.05, 0.1) is 20.8 Å². The van der Waals surface area contributed by atoms with Crippen molar-refractivity contribution in [3.63, 3.8) is 0 Å². The molecule has 0 spiro atoms. The number of fused-ring (bicyclic) bond motifs is 1. The van der Waals surface area contributed by atoms with Crippen LogP contribution in [0.4, 0.5) is 0 Å². The number of hydrogen-bond acceptors (Lipinski definition) is 3. The highest BCUT2D eigenvalue weighted by Crippen LogP contribution is 2.65. The average molecular weight is 415 g/mol. The Balaban J connectivity index is 1.99. The number of allylic oxidation sites excluding steroid dienone is 1. The molecule has 30 heavy (non-hydrogen) atoms. The van der Waals surface area contributed by atoms with Crippen LogP contribution in [0.15, 0.2) is 23.8 Å². The number of hydrogen-bond donors (Lipinski definition) is 1. The number of aliphatic hydroxyl groups is 1. The molecule has 1 saturated carbocycles. The second-order valence-corrected chi connectivity index (χ2v) is 10.6. The molecule has 0 unspecified atom stereocenters. The molecule has 3 heteroatoms. The van der Waals surface area contributed by atoms with Crippen LogP contribution >= 0.6 is 0 Å². The Morgan fingerprint density at radius 2 is 1.70 bits per heavy atom. The number of benzene rings is 1. The minimum atomic E-state index is 0.0757. The summed E-state index contributed by atoms with van der Waals surface area (Å²) >= 11 is 0. The zero-order valence-electron chi connectivity index (χ0n) is 20.2. The molecule has 0 radical (unpaired) electrons. The Morgan fingerprint density at radius 1 is 1.07 bits per heavy atom. The van der Waals surface area contributed by atoms with Crippen molar-refractivity contribution in [1.82, 2.24) is 0 Å². The summed E-state index contributed by atoms with van der Waals surface area (Å²) in [7, 11) is 3.54. The van der Waals surface area contributed by atoms with E-state index in [-0.39, 0.29) is 23.4 Å². The van der Waals surface area contributed by atoms with E-state index in [1.807, 2.05) is 0 Å². The zero-order chi connectivity index (χ0) is 22.1. The highest BCUT2D eigenvalue weighted by atomic mass is 16.5. The van der Waals surface area contributed by atoms with E-state index in [9.17, 15) is 5.11 Å². The maximum atomic E-state index is 9.98. The van der Waals surface area contributed by atoms with Crippen LogP contribution in [0.25, 0.3) is 0 Å². The molecule has 3 nitrogen and oxygen atoms in total. The number of rotatable bonds is 10. The molecule has 168 valence electrons. The van der Waals surface area contributed by atoms with Crippen LogP contribution in [-0.2, 0) is 5.41 Å². The van der Waals surface area contributed by atoms with Crippen molar-refractivity contribution >= 4 is 0 Å². The molecular formula is C27H42O3. The van der Waals surface area contributed by atoms with Crippen molar-refractivity contribution in [3.8, 4) is 11.5 Å². The molecule has 3 aliphatic rings. The Labute approximate surface area is 183 Å². The third kappa shape index (κ3) is 4.02. The van der Waals surface area contributed by atoms with Crippen molar-refractivity contribution in [3.05, 3.63) is 34.9 Å². The smallest absolute Gasteiger partial charge is 0.126 e. The van der Waals surface area contributed by atoms with Gasteiger partial charge in [-0.3, -0.25) is 0 Å². The largest absolute Gasteiger partial charge is 0.496 e. The molecule has 0 saturated heterocycles. The van der Waals surface area contributed by atoms with Crippen LogP contribution in [0, 0.1) is 17.3 Å². The van der Waals surface area contributed by atoms with Gasteiger partial charge in [0.2, 0.25) is 0 Å². The van der Waals surface area contributed by atoms with Crippen molar-refractivity contribution in [2.75, 3.05) is 20.8 Å². The maximum Gasteiger partial charge on any atom is 0.126 e. The lowest BCUT2D eigenvalue weighted by molar-refractivity contribution is -0.0260. The average Bonchev–Trinajstić information content (AvgIpc) is 2.74. The van der Waals surface area contributed by atoms with E-state index in [4.69, 9.17) is 9.47 Å². The summed E-state index contributed by atoms with van der Waals surface area (Å²) in [6, 6.07) is 4.48. The topological polar surface area (TPSA) is 38.7 Å². The van der Waals surface area contributed by atoms with Gasteiger partial charge in [-0.15, -0.1) is 0 Å². The van der Waals surface area contributed by atoms with Crippen LogP contribution in [0.5, 0.6) is 11.5 Å². The molecule has 1 aromatic rings. The van der Waals surface area contributed by atoms with E-state index in [1.165, 1.54) is 36.8 Å². The minimum Gasteiger partial charge on any atom is -0.496 e. The Hall–Kier alpha value is -1.48. The number of unbranched alkanes of at least 4 members (excludes halogenated alkanes) is 3. The normalized spacial score (nSPS) is 24.8. The van der Waals surface area contributed by atoms with E-state index in [0.29, 0.717) is 11.8 Å². The lowest BCUT2D eigenvalue weighted by atomic mass is 9.45. The van der Waals surface area contributed by atoms with Gasteiger partial charge in [-0.2, -0.15) is 0 Å². The Morgan fingerprint density at radius 3 is 2.20 bits per heavy atom. The molecule has 0 aliphatic heterocycles. The molecule has 0 aromatic heterocycles. The van der Waals surface area contributed by atoms with Crippen LogP contribution in [0.3, 0.4) is 0 Å². The molecule has 3 atom stereocenters. The highest BCUT2D eigenvalue weighted by Gasteiger charge is 2.56. The van der Waals surface area contributed by atoms with Crippen LogP contribution < -0.4 is 9.47 Å². The predicted molar refractivity (Wildman–Crippen MR) is 125 cm³/mol. The number of methoxy groups -OCH3 is 2. The number of aliphatic hydroxyl groups excluding tert-OH is 1. The molecular weight excluding hydrogens is 372 g/mol. The zero-order valence-corrected chi connectivity index (χ0v) is 20.2. The summed E-state index contributed by atoms with van der Waals surface area (Å²) in [4.78, 5) is 0. The Bertz CT molecular complexity index is 749. The van der Waals surface area contributed by atoms with Crippen LogP contribution in [0.1, 0.15) is 90.2 Å². The number of ether oxygens (including phenoxy) is 2. The van der Waals surface area contributed by atoms with Gasteiger partial charge in [-0.25, -0.2) is 0 Å². The Kier molecular flexibility index (Phi) is 6.91. The fourth-order valence-corrected chi connectivity index (χ4v) is 5.90. The summed E-state index contributed by atoms with van der Waals surface area (Å²) in [6.45, 7) is 11.7. The van der Waals surface area contributed by atoms with Gasteiger partial charge in [0.1, 0.15) is 11.5 Å². The quantitative estimate of drug-likeness (QED) is 0.345. The summed E-state index contributed by atoms with van der Waals surface area (Å²) in [5.74, 6) is 3.12. The van der Waals surface area contributed by atoms with Crippen LogP contribution in [-0.4, -0.2) is 25.9 Å². The first-order chi connectivity index (χ1) is 14.2. The standard InChI is InChI=1S/C27H42O3/c1-8-9-10-11-12-26(2,3)19-14-23(29-6)25(24(15-19)30-7)20-13-18(17-28)21-16-22(20)27(21,4)5/h13-15,20-22,28H,8-12,16-17H2,1-7H3/t20-,21-,22+/m1/s1. The van der Waals surface area contributed by atoms with Gasteiger partial charge >= 0.3 is 0 Å². The van der Waals surface area contributed by atoms with Gasteiger partial charge in [0, 0.05) is 11.5 Å². The molecule has 1 N–H and O–H groups in total. The third-order valence-electron chi connectivity index (χ3n) is 8.11. The molecule has 2 bridgehead atoms. The molecule has 1 fully saturated rings. The fraction of sp³-hybridized carbons (Fsp3) is 0.704. The van der Waals surface area contributed by atoms with E-state index >= 15 is 0 Å². The first kappa shape index (κ1) is 23.2. The van der Waals surface area contributed by atoms with Crippen LogP contribution in [0.2, 0.25) is 0 Å². The van der Waals surface area contributed by atoms with E-state index in [2.05, 4.69) is 52.8 Å². The first-order valence-corrected chi connectivity index (χ1v) is 11.8. The second-order valence-electron chi connectivity index (χ2n) is 10.6. The first-order valence-electron chi connectivity index (χ1n) is 11.8. The van der Waals surface area contributed by atoms with E-state index < -0.39 is 0 Å². The molecule has 0 amide bonds.